The molecule has 6 nitrogen and oxygen atoms in total. The van der Waals surface area contributed by atoms with E-state index in [0.29, 0.717) is 11.6 Å². The Hall–Kier alpha value is -3.41. The SMILES string of the molecule is Cc1cccc(NC(=O)CN2C(=O)N/C(=C/c3ccc(C(C)C)cc3)C2=O)c1. The summed E-state index contributed by atoms with van der Waals surface area (Å²) in [6.45, 7) is 5.78. The van der Waals surface area contributed by atoms with Crippen LogP contribution in [0.5, 0.6) is 0 Å². The third-order valence-electron chi connectivity index (χ3n) is 4.48. The van der Waals surface area contributed by atoms with Gasteiger partial charge < -0.3 is 10.6 Å². The largest absolute Gasteiger partial charge is 0.329 e. The first-order valence-electron chi connectivity index (χ1n) is 9.14. The van der Waals surface area contributed by atoms with E-state index in [2.05, 4.69) is 24.5 Å². The van der Waals surface area contributed by atoms with Crippen molar-refractivity contribution in [3.05, 3.63) is 70.9 Å². The van der Waals surface area contributed by atoms with Gasteiger partial charge in [0.25, 0.3) is 5.91 Å². The first-order chi connectivity index (χ1) is 13.3. The summed E-state index contributed by atoms with van der Waals surface area (Å²) >= 11 is 0. The lowest BCUT2D eigenvalue weighted by Gasteiger charge is -2.12. The average Bonchev–Trinajstić information content (AvgIpc) is 2.89. The molecule has 6 heteroatoms. The van der Waals surface area contributed by atoms with E-state index in [1.807, 2.05) is 49.4 Å². The van der Waals surface area contributed by atoms with Crippen molar-refractivity contribution in [1.82, 2.24) is 10.2 Å². The molecule has 1 fully saturated rings. The van der Waals surface area contributed by atoms with Crippen LogP contribution in [0.4, 0.5) is 10.5 Å². The molecular weight excluding hydrogens is 354 g/mol. The molecule has 1 aliphatic rings. The van der Waals surface area contributed by atoms with E-state index >= 15 is 0 Å². The molecule has 2 aromatic carbocycles. The summed E-state index contributed by atoms with van der Waals surface area (Å²) in [4.78, 5) is 37.8. The van der Waals surface area contributed by atoms with Gasteiger partial charge in [0.15, 0.2) is 0 Å². The van der Waals surface area contributed by atoms with E-state index in [-0.39, 0.29) is 12.2 Å². The lowest BCUT2D eigenvalue weighted by atomic mass is 10.0. The maximum Gasteiger partial charge on any atom is 0.329 e. The first kappa shape index (κ1) is 19.4. The monoisotopic (exact) mass is 377 g/mol. The van der Waals surface area contributed by atoms with E-state index in [1.54, 1.807) is 12.1 Å². The topological polar surface area (TPSA) is 78.5 Å². The molecule has 144 valence electrons. The van der Waals surface area contributed by atoms with Gasteiger partial charge in [-0.1, -0.05) is 50.2 Å². The number of nitrogens with zero attached hydrogens (tertiary/aromatic N) is 1. The number of nitrogens with one attached hydrogen (secondary N) is 2. The van der Waals surface area contributed by atoms with Gasteiger partial charge in [-0.15, -0.1) is 0 Å². The van der Waals surface area contributed by atoms with E-state index in [9.17, 15) is 14.4 Å². The highest BCUT2D eigenvalue weighted by atomic mass is 16.2. The zero-order chi connectivity index (χ0) is 20.3. The van der Waals surface area contributed by atoms with Gasteiger partial charge >= 0.3 is 6.03 Å². The van der Waals surface area contributed by atoms with Crippen molar-refractivity contribution >= 4 is 29.6 Å². The molecule has 1 heterocycles. The summed E-state index contributed by atoms with van der Waals surface area (Å²) in [6, 6.07) is 14.5. The molecular formula is C22H23N3O3. The van der Waals surface area contributed by atoms with Crippen molar-refractivity contribution in [2.45, 2.75) is 26.7 Å². The third kappa shape index (κ3) is 4.46. The van der Waals surface area contributed by atoms with Crippen molar-refractivity contribution in [3.8, 4) is 0 Å². The lowest BCUT2D eigenvalue weighted by Crippen LogP contribution is -2.38. The molecule has 0 aromatic heterocycles. The molecule has 0 unspecified atom stereocenters. The Bertz CT molecular complexity index is 946. The van der Waals surface area contributed by atoms with E-state index in [0.717, 1.165) is 16.0 Å². The number of hydrogen-bond acceptors (Lipinski definition) is 3. The number of benzene rings is 2. The van der Waals surface area contributed by atoms with Gasteiger partial charge in [-0.2, -0.15) is 0 Å². The van der Waals surface area contributed by atoms with E-state index in [1.165, 1.54) is 5.56 Å². The van der Waals surface area contributed by atoms with Gasteiger partial charge in [-0.25, -0.2) is 9.69 Å². The smallest absolute Gasteiger partial charge is 0.325 e. The summed E-state index contributed by atoms with van der Waals surface area (Å²) in [5.41, 5.74) is 3.78. The highest BCUT2D eigenvalue weighted by Crippen LogP contribution is 2.18. The second-order valence-corrected chi connectivity index (χ2v) is 7.12. The number of rotatable bonds is 5. The van der Waals surface area contributed by atoms with Crippen molar-refractivity contribution < 1.29 is 14.4 Å². The van der Waals surface area contributed by atoms with E-state index < -0.39 is 17.8 Å². The zero-order valence-corrected chi connectivity index (χ0v) is 16.2. The molecule has 0 saturated carbocycles. The van der Waals surface area contributed by atoms with E-state index in [4.69, 9.17) is 0 Å². The molecule has 0 aliphatic carbocycles. The summed E-state index contributed by atoms with van der Waals surface area (Å²) in [6.07, 6.45) is 1.61. The maximum absolute atomic E-state index is 12.5. The standard InChI is InChI=1S/C22H23N3O3/c1-14(2)17-9-7-16(8-10-17)12-19-21(27)25(22(28)24-19)13-20(26)23-18-6-4-5-15(3)11-18/h4-12,14H,13H2,1-3H3,(H,23,26)(H,24,28)/b19-12+. The average molecular weight is 377 g/mol. The van der Waals surface area contributed by atoms with Crippen molar-refractivity contribution in [3.63, 3.8) is 0 Å². The van der Waals surface area contributed by atoms with Crippen LogP contribution in [0.2, 0.25) is 0 Å². The van der Waals surface area contributed by atoms with Crippen LogP contribution in [-0.2, 0) is 9.59 Å². The Morgan fingerprint density at radius 3 is 2.50 bits per heavy atom. The number of carbonyl (C=O) groups is 3. The van der Waals surface area contributed by atoms with Crippen LogP contribution in [-0.4, -0.2) is 29.3 Å². The highest BCUT2D eigenvalue weighted by Gasteiger charge is 2.34. The Balaban J connectivity index is 1.68. The first-order valence-corrected chi connectivity index (χ1v) is 9.14. The molecule has 0 bridgehead atoms. The minimum Gasteiger partial charge on any atom is -0.325 e. The van der Waals surface area contributed by atoms with Crippen LogP contribution in [0.25, 0.3) is 6.08 Å². The van der Waals surface area contributed by atoms with Gasteiger partial charge in [-0.05, 0) is 47.7 Å². The lowest BCUT2D eigenvalue weighted by molar-refractivity contribution is -0.127. The van der Waals surface area contributed by atoms with Gasteiger partial charge in [0.05, 0.1) is 0 Å². The Kier molecular flexibility index (Phi) is 5.59. The summed E-state index contributed by atoms with van der Waals surface area (Å²) in [5.74, 6) is -0.536. The molecule has 2 aromatic rings. The number of anilines is 1. The summed E-state index contributed by atoms with van der Waals surface area (Å²) < 4.78 is 0. The number of imide groups is 1. The molecule has 4 amide bonds. The highest BCUT2D eigenvalue weighted by molar-refractivity contribution is 6.15. The van der Waals surface area contributed by atoms with Gasteiger partial charge in [0, 0.05) is 5.69 Å². The quantitative estimate of drug-likeness (QED) is 0.617. The fourth-order valence-electron chi connectivity index (χ4n) is 2.93. The number of amides is 4. The zero-order valence-electron chi connectivity index (χ0n) is 16.2. The number of hydrogen-bond donors (Lipinski definition) is 2. The third-order valence-corrected chi connectivity index (χ3v) is 4.48. The van der Waals surface area contributed by atoms with Crippen LogP contribution in [0, 0.1) is 6.92 Å². The van der Waals surface area contributed by atoms with Crippen molar-refractivity contribution in [2.75, 3.05) is 11.9 Å². The fraction of sp³-hybridized carbons (Fsp3) is 0.227. The Morgan fingerprint density at radius 2 is 1.86 bits per heavy atom. The molecule has 0 radical (unpaired) electrons. The number of aryl methyl sites for hydroxylation is 1. The van der Waals surface area contributed by atoms with Gasteiger partial charge in [0.2, 0.25) is 5.91 Å². The molecule has 2 N–H and O–H groups in total. The van der Waals surface area contributed by atoms with Crippen LogP contribution in [0.15, 0.2) is 54.2 Å². The Morgan fingerprint density at radius 1 is 1.14 bits per heavy atom. The van der Waals surface area contributed by atoms with Crippen LogP contribution in [0.1, 0.15) is 36.5 Å². The van der Waals surface area contributed by atoms with Gasteiger partial charge in [-0.3, -0.25) is 9.59 Å². The number of urea groups is 1. The second kappa shape index (κ2) is 8.08. The maximum atomic E-state index is 12.5. The molecule has 3 rings (SSSR count). The molecule has 0 spiro atoms. The number of carbonyl (C=O) groups excluding carboxylic acids is 3. The normalized spacial score (nSPS) is 15.3. The Labute approximate surface area is 164 Å². The predicted octanol–water partition coefficient (Wildman–Crippen LogP) is 3.65. The predicted molar refractivity (Wildman–Crippen MR) is 109 cm³/mol. The summed E-state index contributed by atoms with van der Waals surface area (Å²) in [7, 11) is 0. The fourth-order valence-corrected chi connectivity index (χ4v) is 2.93. The molecule has 28 heavy (non-hydrogen) atoms. The summed E-state index contributed by atoms with van der Waals surface area (Å²) in [5, 5.41) is 5.24. The minimum absolute atomic E-state index is 0.158. The molecule has 0 atom stereocenters. The van der Waals surface area contributed by atoms with Crippen molar-refractivity contribution in [1.29, 1.82) is 0 Å². The molecule has 1 aliphatic heterocycles. The van der Waals surface area contributed by atoms with Crippen molar-refractivity contribution in [2.24, 2.45) is 0 Å². The minimum atomic E-state index is -0.602. The second-order valence-electron chi connectivity index (χ2n) is 7.12. The van der Waals surface area contributed by atoms with Crippen LogP contribution in [0.3, 0.4) is 0 Å². The van der Waals surface area contributed by atoms with Crippen LogP contribution < -0.4 is 10.6 Å². The molecule has 1 saturated heterocycles. The van der Waals surface area contributed by atoms with Crippen LogP contribution >= 0.6 is 0 Å². The van der Waals surface area contributed by atoms with Gasteiger partial charge in [0.1, 0.15) is 12.2 Å².